The van der Waals surface area contributed by atoms with Gasteiger partial charge in [-0.2, -0.15) is 9.59 Å². The van der Waals surface area contributed by atoms with Crippen molar-refractivity contribution in [1.82, 2.24) is 29.1 Å². The molecule has 15 heteroatoms. The number of aliphatic hydroxyl groups is 1. The van der Waals surface area contributed by atoms with Gasteiger partial charge in [0, 0.05) is 79.8 Å². The lowest BCUT2D eigenvalue weighted by Crippen LogP contribution is -2.40. The van der Waals surface area contributed by atoms with Crippen LogP contribution in [-0.4, -0.2) is 73.1 Å². The van der Waals surface area contributed by atoms with Crippen molar-refractivity contribution in [3.05, 3.63) is 91.9 Å². The highest BCUT2D eigenvalue weighted by Crippen LogP contribution is 2.30. The standard InChI is InChI=1S/C29H26N8O3S2.CO2/c1-17-13-37(29-31-9-12-42-29)27-20(25(17)40)4-6-24(33-27)35-14-18(16-38)21(15-35)34(2)23-5-3-19-22(39)7-10-36(26(19)32-23)28-30-8-11-41-28;2-1-3/h3-13,18,21,38H,14-16H2,1-2H3;/t18-,21+;/m1./s1. The van der Waals surface area contributed by atoms with Gasteiger partial charge in [0.25, 0.3) is 0 Å². The van der Waals surface area contributed by atoms with Gasteiger partial charge in [-0.25, -0.2) is 19.9 Å². The monoisotopic (exact) mass is 642 g/mol. The van der Waals surface area contributed by atoms with Crippen LogP contribution in [0.3, 0.4) is 0 Å². The molecule has 6 aromatic rings. The van der Waals surface area contributed by atoms with Crippen molar-refractivity contribution >= 4 is 62.5 Å². The number of hydrogen-bond acceptors (Lipinski definition) is 13. The van der Waals surface area contributed by atoms with E-state index in [1.54, 1.807) is 37.8 Å². The first-order valence-electron chi connectivity index (χ1n) is 13.8. The number of anilines is 2. The molecular formula is C30H26N8O5S2. The van der Waals surface area contributed by atoms with E-state index >= 15 is 0 Å². The highest BCUT2D eigenvalue weighted by Gasteiger charge is 2.36. The van der Waals surface area contributed by atoms with E-state index < -0.39 is 0 Å². The number of aromatic nitrogens is 6. The third-order valence-corrected chi connectivity index (χ3v) is 9.36. The first-order valence-corrected chi connectivity index (χ1v) is 15.5. The Bertz CT molecular complexity index is 2140. The van der Waals surface area contributed by atoms with E-state index in [9.17, 15) is 14.7 Å². The molecule has 45 heavy (non-hydrogen) atoms. The van der Waals surface area contributed by atoms with Gasteiger partial charge in [-0.1, -0.05) is 0 Å². The van der Waals surface area contributed by atoms with Gasteiger partial charge in [0.1, 0.15) is 11.6 Å². The van der Waals surface area contributed by atoms with Crippen molar-refractivity contribution in [2.45, 2.75) is 13.0 Å². The molecule has 1 N–H and O–H groups in total. The summed E-state index contributed by atoms with van der Waals surface area (Å²) in [6.45, 7) is 2.94. The summed E-state index contributed by atoms with van der Waals surface area (Å²) >= 11 is 2.94. The molecule has 0 spiro atoms. The Kier molecular flexibility index (Phi) is 8.32. The maximum atomic E-state index is 12.9. The number of rotatable bonds is 6. The van der Waals surface area contributed by atoms with E-state index in [0.717, 1.165) is 16.1 Å². The van der Waals surface area contributed by atoms with E-state index in [1.807, 2.05) is 45.1 Å². The maximum Gasteiger partial charge on any atom is 0.373 e. The lowest BCUT2D eigenvalue weighted by atomic mass is 10.0. The van der Waals surface area contributed by atoms with E-state index in [-0.39, 0.29) is 35.6 Å². The van der Waals surface area contributed by atoms with Crippen molar-refractivity contribution < 1.29 is 14.7 Å². The van der Waals surface area contributed by atoms with Gasteiger partial charge in [-0.15, -0.1) is 22.7 Å². The molecule has 0 bridgehead atoms. The number of likely N-dealkylation sites (N-methyl/N-ethyl adjacent to an activating group) is 1. The quantitative estimate of drug-likeness (QED) is 0.285. The summed E-state index contributed by atoms with van der Waals surface area (Å²) in [7, 11) is 1.95. The fourth-order valence-electron chi connectivity index (χ4n) is 5.61. The van der Waals surface area contributed by atoms with Crippen LogP contribution < -0.4 is 20.7 Å². The summed E-state index contributed by atoms with van der Waals surface area (Å²) in [6, 6.07) is 8.78. The first kappa shape index (κ1) is 30.0. The van der Waals surface area contributed by atoms with Crippen LogP contribution in [0.4, 0.5) is 11.6 Å². The van der Waals surface area contributed by atoms with Crippen LogP contribution in [0.25, 0.3) is 32.3 Å². The largest absolute Gasteiger partial charge is 0.396 e. The van der Waals surface area contributed by atoms with Gasteiger partial charge in [0.15, 0.2) is 32.4 Å². The summed E-state index contributed by atoms with van der Waals surface area (Å²) in [5.41, 5.74) is 1.55. The molecule has 7 rings (SSSR count). The van der Waals surface area contributed by atoms with Gasteiger partial charge < -0.3 is 14.9 Å². The fourth-order valence-corrected chi connectivity index (χ4v) is 6.86. The van der Waals surface area contributed by atoms with E-state index in [2.05, 4.69) is 19.8 Å². The molecule has 1 aliphatic rings. The van der Waals surface area contributed by atoms with Crippen LogP contribution in [0.15, 0.2) is 75.5 Å². The lowest BCUT2D eigenvalue weighted by molar-refractivity contribution is -0.191. The number of fused-ring (bicyclic) bond motifs is 2. The molecule has 1 saturated heterocycles. The van der Waals surface area contributed by atoms with Crippen molar-refractivity contribution in [3.63, 3.8) is 0 Å². The minimum atomic E-state index is -0.103. The lowest BCUT2D eigenvalue weighted by Gasteiger charge is -2.29. The summed E-state index contributed by atoms with van der Waals surface area (Å²) in [5, 5.41) is 16.7. The zero-order chi connectivity index (χ0) is 31.7. The van der Waals surface area contributed by atoms with E-state index in [1.165, 1.54) is 28.7 Å². The SMILES string of the molecule is Cc1cn(-c2nccs2)c2nc(N3C[C@H](CO)[C@@H](N(C)c4ccc5c(=O)ccn(-c6nccs6)c5n4)C3)ccc2c1=O.O=C=O. The Morgan fingerprint density at radius 2 is 1.60 bits per heavy atom. The second-order valence-electron chi connectivity index (χ2n) is 10.4. The van der Waals surface area contributed by atoms with Crippen LogP contribution in [0.5, 0.6) is 0 Å². The molecule has 6 aromatic heterocycles. The zero-order valence-electron chi connectivity index (χ0n) is 24.1. The number of nitrogens with zero attached hydrogens (tertiary/aromatic N) is 8. The number of pyridine rings is 4. The summed E-state index contributed by atoms with van der Waals surface area (Å²) in [6.07, 6.45) is 7.18. The maximum absolute atomic E-state index is 12.9. The molecule has 0 aromatic carbocycles. The van der Waals surface area contributed by atoms with Crippen molar-refractivity contribution in [1.29, 1.82) is 0 Å². The zero-order valence-corrected chi connectivity index (χ0v) is 25.7. The normalized spacial score (nSPS) is 16.0. The molecule has 1 fully saturated rings. The van der Waals surface area contributed by atoms with E-state index in [4.69, 9.17) is 19.6 Å². The minimum Gasteiger partial charge on any atom is -0.396 e. The molecule has 228 valence electrons. The molecule has 7 heterocycles. The predicted octanol–water partition coefficient (Wildman–Crippen LogP) is 2.66. The Morgan fingerprint density at radius 3 is 2.27 bits per heavy atom. The number of hydrogen-bond donors (Lipinski definition) is 1. The van der Waals surface area contributed by atoms with Gasteiger partial charge >= 0.3 is 6.15 Å². The third-order valence-electron chi connectivity index (χ3n) is 7.82. The van der Waals surface area contributed by atoms with Crippen LogP contribution in [0.2, 0.25) is 0 Å². The molecule has 0 aliphatic carbocycles. The number of aryl methyl sites for hydroxylation is 1. The Balaban J connectivity index is 0.00000115. The summed E-state index contributed by atoms with van der Waals surface area (Å²) in [4.78, 5) is 64.6. The second kappa shape index (κ2) is 12.5. The first-order chi connectivity index (χ1) is 21.8. The van der Waals surface area contributed by atoms with Gasteiger partial charge in [0.2, 0.25) is 0 Å². The summed E-state index contributed by atoms with van der Waals surface area (Å²) in [5.74, 6) is 1.32. The number of aliphatic hydroxyl groups excluding tert-OH is 1. The van der Waals surface area contributed by atoms with E-state index in [0.29, 0.717) is 46.5 Å². The Morgan fingerprint density at radius 1 is 0.933 bits per heavy atom. The molecule has 0 saturated carbocycles. The van der Waals surface area contributed by atoms with Gasteiger partial charge in [-0.05, 0) is 31.2 Å². The Hall–Kier alpha value is -5.08. The molecule has 2 atom stereocenters. The second-order valence-corrected chi connectivity index (χ2v) is 12.1. The average molecular weight is 643 g/mol. The number of thiazole rings is 2. The van der Waals surface area contributed by atoms with Crippen LogP contribution in [-0.2, 0) is 9.59 Å². The number of carbonyl (C=O) groups excluding carboxylic acids is 2. The third kappa shape index (κ3) is 5.53. The topological polar surface area (TPSA) is 156 Å². The Labute approximate surface area is 263 Å². The molecule has 0 amide bonds. The molecular weight excluding hydrogens is 617 g/mol. The molecule has 13 nitrogen and oxygen atoms in total. The van der Waals surface area contributed by atoms with Crippen molar-refractivity contribution in [2.24, 2.45) is 5.92 Å². The highest BCUT2D eigenvalue weighted by molar-refractivity contribution is 7.12. The van der Waals surface area contributed by atoms with Crippen molar-refractivity contribution in [2.75, 3.05) is 36.5 Å². The summed E-state index contributed by atoms with van der Waals surface area (Å²) < 4.78 is 3.69. The molecule has 0 unspecified atom stereocenters. The predicted molar refractivity (Wildman–Crippen MR) is 171 cm³/mol. The van der Waals surface area contributed by atoms with Gasteiger partial charge in [0.05, 0.1) is 16.8 Å². The molecule has 1 aliphatic heterocycles. The smallest absolute Gasteiger partial charge is 0.373 e. The van der Waals surface area contributed by atoms with Crippen molar-refractivity contribution in [3.8, 4) is 10.3 Å². The average Bonchev–Trinajstić information content (AvgIpc) is 3.85. The van der Waals surface area contributed by atoms with Gasteiger partial charge in [-0.3, -0.25) is 18.7 Å². The highest BCUT2D eigenvalue weighted by atomic mass is 32.1. The minimum absolute atomic E-state index is 0.0144. The van der Waals surface area contributed by atoms with Crippen LogP contribution in [0.1, 0.15) is 5.56 Å². The van der Waals surface area contributed by atoms with Crippen LogP contribution >= 0.6 is 22.7 Å². The fraction of sp³-hybridized carbons (Fsp3) is 0.233. The van der Waals surface area contributed by atoms with Crippen LogP contribution in [0, 0.1) is 12.8 Å². The molecule has 0 radical (unpaired) electrons.